The predicted molar refractivity (Wildman–Crippen MR) is 114 cm³/mol. The van der Waals surface area contributed by atoms with E-state index >= 15 is 0 Å². The van der Waals surface area contributed by atoms with Crippen LogP contribution >= 0.6 is 0 Å². The summed E-state index contributed by atoms with van der Waals surface area (Å²) in [5.41, 5.74) is 8.13. The highest BCUT2D eigenvalue weighted by Crippen LogP contribution is 2.48. The molecule has 29 heavy (non-hydrogen) atoms. The number of carbonyl (C=O) groups is 1. The quantitative estimate of drug-likeness (QED) is 0.870. The third kappa shape index (κ3) is 3.56. The molecule has 3 fully saturated rings. The number of likely N-dealkylation sites (tertiary alicyclic amines) is 1. The third-order valence-corrected chi connectivity index (χ3v) is 6.92. The van der Waals surface area contributed by atoms with E-state index in [-0.39, 0.29) is 11.3 Å². The first-order chi connectivity index (χ1) is 14.0. The first-order valence-corrected chi connectivity index (χ1v) is 10.7. The second-order valence-corrected chi connectivity index (χ2v) is 9.08. The van der Waals surface area contributed by atoms with Gasteiger partial charge in [-0.25, -0.2) is 4.98 Å². The summed E-state index contributed by atoms with van der Waals surface area (Å²) in [5, 5.41) is 0. The van der Waals surface area contributed by atoms with Gasteiger partial charge in [0.1, 0.15) is 5.82 Å². The molecule has 0 bridgehead atoms. The van der Waals surface area contributed by atoms with Gasteiger partial charge in [0.15, 0.2) is 0 Å². The Bertz CT molecular complexity index is 882. The summed E-state index contributed by atoms with van der Waals surface area (Å²) in [6.45, 7) is 4.77. The molecular weight excluding hydrogens is 362 g/mol. The second-order valence-electron chi connectivity index (χ2n) is 9.08. The zero-order valence-electron chi connectivity index (χ0n) is 17.1. The van der Waals surface area contributed by atoms with Crippen LogP contribution in [0, 0.1) is 12.3 Å². The van der Waals surface area contributed by atoms with Crippen molar-refractivity contribution in [3.05, 3.63) is 47.7 Å². The molecule has 2 aliphatic heterocycles. The van der Waals surface area contributed by atoms with E-state index in [2.05, 4.69) is 44.0 Å². The summed E-state index contributed by atoms with van der Waals surface area (Å²) < 4.78 is 0. The van der Waals surface area contributed by atoms with Crippen molar-refractivity contribution in [2.75, 3.05) is 30.3 Å². The lowest BCUT2D eigenvalue weighted by Crippen LogP contribution is -2.54. The van der Waals surface area contributed by atoms with Crippen LogP contribution in [0.2, 0.25) is 0 Å². The fraction of sp³-hybridized carbons (Fsp3) is 0.522. The van der Waals surface area contributed by atoms with Crippen LogP contribution < -0.4 is 10.6 Å². The van der Waals surface area contributed by atoms with Gasteiger partial charge in [-0.15, -0.1) is 0 Å². The van der Waals surface area contributed by atoms with E-state index in [1.807, 2.05) is 19.1 Å². The van der Waals surface area contributed by atoms with E-state index in [1.165, 1.54) is 5.56 Å². The van der Waals surface area contributed by atoms with Crippen LogP contribution in [-0.4, -0.2) is 46.5 Å². The highest BCUT2D eigenvalue weighted by atomic mass is 16.2. The van der Waals surface area contributed by atoms with Crippen molar-refractivity contribution in [2.24, 2.45) is 5.41 Å². The average molecular weight is 392 g/mol. The van der Waals surface area contributed by atoms with Crippen molar-refractivity contribution in [2.45, 2.75) is 51.0 Å². The van der Waals surface area contributed by atoms with Crippen LogP contribution in [0.3, 0.4) is 0 Å². The molecule has 2 N–H and O–H groups in total. The largest absolute Gasteiger partial charge is 0.368 e. The number of benzene rings is 1. The number of hydrogen-bond acceptors (Lipinski definition) is 5. The molecule has 152 valence electrons. The van der Waals surface area contributed by atoms with Gasteiger partial charge in [0.05, 0.1) is 5.92 Å². The lowest BCUT2D eigenvalue weighted by molar-refractivity contribution is -0.141. The minimum atomic E-state index is -0.00552. The summed E-state index contributed by atoms with van der Waals surface area (Å²) in [7, 11) is 0. The van der Waals surface area contributed by atoms with Crippen LogP contribution in [-0.2, 0) is 4.79 Å². The molecule has 1 amide bonds. The topological polar surface area (TPSA) is 75.4 Å². The Morgan fingerprint density at radius 3 is 2.48 bits per heavy atom. The maximum atomic E-state index is 13.3. The Kier molecular flexibility index (Phi) is 4.45. The van der Waals surface area contributed by atoms with E-state index in [0.29, 0.717) is 17.9 Å². The van der Waals surface area contributed by atoms with Gasteiger partial charge in [-0.05, 0) is 50.0 Å². The molecule has 1 aliphatic carbocycles. The van der Waals surface area contributed by atoms with Gasteiger partial charge < -0.3 is 15.5 Å². The van der Waals surface area contributed by atoms with E-state index in [4.69, 9.17) is 5.73 Å². The number of piperidine rings is 2. The number of amides is 1. The Morgan fingerprint density at radius 1 is 1.10 bits per heavy atom. The maximum Gasteiger partial charge on any atom is 0.230 e. The van der Waals surface area contributed by atoms with E-state index in [1.54, 1.807) is 0 Å². The molecule has 5 rings (SSSR count). The molecule has 6 heteroatoms. The normalized spacial score (nSPS) is 24.2. The first-order valence-electron chi connectivity index (χ1n) is 10.7. The van der Waals surface area contributed by atoms with Crippen LogP contribution in [0.4, 0.5) is 11.8 Å². The molecule has 0 unspecified atom stereocenters. The Hall–Kier alpha value is -2.63. The lowest BCUT2D eigenvalue weighted by Gasteiger charge is -2.50. The van der Waals surface area contributed by atoms with Crippen molar-refractivity contribution in [1.82, 2.24) is 14.9 Å². The summed E-state index contributed by atoms with van der Waals surface area (Å²) in [4.78, 5) is 26.5. The van der Waals surface area contributed by atoms with Crippen LogP contribution in [0.15, 0.2) is 36.4 Å². The summed E-state index contributed by atoms with van der Waals surface area (Å²) in [6, 6.07) is 12.9. The van der Waals surface area contributed by atoms with E-state index < -0.39 is 0 Å². The standard InChI is InChI=1S/C23H29N5O/c1-16-13-20(26-22(24)25-16)27-11-9-23(10-12-27)14-19(17-5-3-2-4-6-17)21(29)28(15-23)18-7-8-18/h2-6,13,18-19H,7-12,14-15H2,1H3,(H2,24,25,26)/t19-/m1/s1. The van der Waals surface area contributed by atoms with Gasteiger partial charge in [0.2, 0.25) is 11.9 Å². The van der Waals surface area contributed by atoms with Crippen molar-refractivity contribution in [3.8, 4) is 0 Å². The van der Waals surface area contributed by atoms with Gasteiger partial charge in [0, 0.05) is 37.4 Å². The molecule has 1 aromatic carbocycles. The summed E-state index contributed by atoms with van der Waals surface area (Å²) in [6.07, 6.45) is 5.44. The highest BCUT2D eigenvalue weighted by molar-refractivity contribution is 5.85. The van der Waals surface area contributed by atoms with E-state index in [9.17, 15) is 4.79 Å². The number of nitrogen functional groups attached to an aromatic ring is 1. The van der Waals surface area contributed by atoms with E-state index in [0.717, 1.165) is 63.3 Å². The molecule has 1 saturated carbocycles. The summed E-state index contributed by atoms with van der Waals surface area (Å²) >= 11 is 0. The SMILES string of the molecule is Cc1cc(N2CCC3(CC2)C[C@H](c2ccccc2)C(=O)N(C2CC2)C3)nc(N)n1. The molecule has 2 saturated heterocycles. The van der Waals surface area contributed by atoms with Gasteiger partial charge >= 0.3 is 0 Å². The van der Waals surface area contributed by atoms with Gasteiger partial charge in [-0.2, -0.15) is 4.98 Å². The number of carbonyl (C=O) groups excluding carboxylic acids is 1. The molecule has 3 aliphatic rings. The zero-order chi connectivity index (χ0) is 20.0. The zero-order valence-corrected chi connectivity index (χ0v) is 17.1. The molecular formula is C23H29N5O. The molecule has 0 radical (unpaired) electrons. The van der Waals surface area contributed by atoms with Crippen LogP contribution in [0.25, 0.3) is 0 Å². The Morgan fingerprint density at radius 2 is 1.83 bits per heavy atom. The fourth-order valence-electron chi connectivity index (χ4n) is 5.17. The molecule has 3 heterocycles. The minimum Gasteiger partial charge on any atom is -0.368 e. The number of anilines is 2. The number of rotatable bonds is 3. The molecule has 1 atom stereocenters. The number of hydrogen-bond donors (Lipinski definition) is 1. The third-order valence-electron chi connectivity index (χ3n) is 6.92. The monoisotopic (exact) mass is 391 g/mol. The Labute approximate surface area is 172 Å². The Balaban J connectivity index is 1.38. The molecule has 6 nitrogen and oxygen atoms in total. The van der Waals surface area contributed by atoms with Gasteiger partial charge in [-0.3, -0.25) is 4.79 Å². The maximum absolute atomic E-state index is 13.3. The average Bonchev–Trinajstić information content (AvgIpc) is 3.55. The first kappa shape index (κ1) is 18.4. The van der Waals surface area contributed by atoms with Crippen LogP contribution in [0.5, 0.6) is 0 Å². The van der Waals surface area contributed by atoms with Crippen molar-refractivity contribution in [1.29, 1.82) is 0 Å². The summed E-state index contributed by atoms with van der Waals surface area (Å²) in [5.74, 6) is 1.60. The number of nitrogens with two attached hydrogens (primary N) is 1. The fourth-order valence-corrected chi connectivity index (χ4v) is 5.17. The predicted octanol–water partition coefficient (Wildman–Crippen LogP) is 3.13. The molecule has 1 aromatic heterocycles. The van der Waals surface area contributed by atoms with Crippen molar-refractivity contribution < 1.29 is 4.79 Å². The number of aryl methyl sites for hydroxylation is 1. The molecule has 1 spiro atoms. The minimum absolute atomic E-state index is 0.00552. The van der Waals surface area contributed by atoms with Crippen molar-refractivity contribution >= 4 is 17.7 Å². The number of nitrogens with zero attached hydrogens (tertiary/aromatic N) is 4. The smallest absolute Gasteiger partial charge is 0.230 e. The van der Waals surface area contributed by atoms with Crippen molar-refractivity contribution in [3.63, 3.8) is 0 Å². The van der Waals surface area contributed by atoms with Gasteiger partial charge in [-0.1, -0.05) is 30.3 Å². The number of aromatic nitrogens is 2. The second kappa shape index (κ2) is 7.01. The van der Waals surface area contributed by atoms with Crippen LogP contribution in [0.1, 0.15) is 49.3 Å². The van der Waals surface area contributed by atoms with Gasteiger partial charge in [0.25, 0.3) is 0 Å². The highest BCUT2D eigenvalue weighted by Gasteiger charge is 2.49. The molecule has 2 aromatic rings. The lowest BCUT2D eigenvalue weighted by atomic mass is 9.67.